The van der Waals surface area contributed by atoms with Crippen LogP contribution in [0, 0.1) is 0 Å². The lowest BCUT2D eigenvalue weighted by Crippen LogP contribution is -2.07. The summed E-state index contributed by atoms with van der Waals surface area (Å²) in [6.45, 7) is 0. The summed E-state index contributed by atoms with van der Waals surface area (Å²) in [5.74, 6) is 0.830. The van der Waals surface area contributed by atoms with Crippen molar-refractivity contribution in [3.8, 4) is 17.2 Å². The lowest BCUT2D eigenvalue weighted by Gasteiger charge is -2.06. The average Bonchev–Trinajstić information content (AvgIpc) is 3.18. The number of hydrogen-bond donors (Lipinski definition) is 1. The molecule has 0 saturated heterocycles. The number of oxazole rings is 1. The maximum Gasteiger partial charge on any atom is 0.248 e. The highest BCUT2D eigenvalue weighted by molar-refractivity contribution is 6.33. The highest BCUT2D eigenvalue weighted by Gasteiger charge is 2.13. The Hall–Kier alpha value is -3.64. The zero-order valence-electron chi connectivity index (χ0n) is 15.4. The van der Waals surface area contributed by atoms with Crippen molar-refractivity contribution in [2.75, 3.05) is 12.4 Å². The quantitative estimate of drug-likeness (QED) is 0.461. The molecule has 0 unspecified atom stereocenters. The normalized spacial score (nSPS) is 11.1. The molecular formula is C22H16ClN3O3. The molecule has 144 valence electrons. The third-order valence-corrected chi connectivity index (χ3v) is 4.50. The molecule has 2 aromatic heterocycles. The molecular weight excluding hydrogens is 390 g/mol. The van der Waals surface area contributed by atoms with Crippen molar-refractivity contribution in [2.24, 2.45) is 0 Å². The van der Waals surface area contributed by atoms with E-state index in [0.717, 1.165) is 11.3 Å². The van der Waals surface area contributed by atoms with E-state index in [0.29, 0.717) is 33.4 Å². The van der Waals surface area contributed by atoms with Crippen molar-refractivity contribution in [1.82, 2.24) is 9.97 Å². The van der Waals surface area contributed by atoms with Gasteiger partial charge >= 0.3 is 0 Å². The number of halogens is 1. The third-order valence-electron chi connectivity index (χ3n) is 4.17. The van der Waals surface area contributed by atoms with Gasteiger partial charge in [0.15, 0.2) is 11.2 Å². The number of aromatic nitrogens is 2. The van der Waals surface area contributed by atoms with Gasteiger partial charge in [0.25, 0.3) is 0 Å². The molecule has 0 aliphatic heterocycles. The molecule has 0 saturated carbocycles. The largest absolute Gasteiger partial charge is 0.497 e. The van der Waals surface area contributed by atoms with Crippen LogP contribution in [0.25, 0.3) is 28.8 Å². The first-order valence-electron chi connectivity index (χ1n) is 8.77. The highest BCUT2D eigenvalue weighted by atomic mass is 35.5. The Bertz CT molecular complexity index is 1170. The molecule has 1 amide bonds. The van der Waals surface area contributed by atoms with E-state index in [2.05, 4.69) is 15.3 Å². The Morgan fingerprint density at radius 3 is 2.76 bits per heavy atom. The number of carbonyl (C=O) groups is 1. The molecule has 0 bridgehead atoms. The van der Waals surface area contributed by atoms with Gasteiger partial charge in [-0.05, 0) is 54.1 Å². The van der Waals surface area contributed by atoms with E-state index in [-0.39, 0.29) is 5.91 Å². The van der Waals surface area contributed by atoms with Crippen LogP contribution in [-0.4, -0.2) is 23.0 Å². The second-order valence-electron chi connectivity index (χ2n) is 6.13. The van der Waals surface area contributed by atoms with Crippen LogP contribution in [0.1, 0.15) is 5.56 Å². The van der Waals surface area contributed by atoms with E-state index in [1.807, 2.05) is 24.3 Å². The molecule has 4 rings (SSSR count). The second kappa shape index (κ2) is 8.16. The van der Waals surface area contributed by atoms with Crippen molar-refractivity contribution < 1.29 is 13.9 Å². The van der Waals surface area contributed by atoms with Gasteiger partial charge < -0.3 is 14.5 Å². The molecule has 0 fully saturated rings. The van der Waals surface area contributed by atoms with Gasteiger partial charge in [0.05, 0.1) is 17.7 Å². The van der Waals surface area contributed by atoms with Crippen LogP contribution in [-0.2, 0) is 4.79 Å². The predicted molar refractivity (Wildman–Crippen MR) is 113 cm³/mol. The van der Waals surface area contributed by atoms with E-state index in [4.69, 9.17) is 20.8 Å². The fraction of sp³-hybridized carbons (Fsp3) is 0.0455. The Morgan fingerprint density at radius 2 is 2.00 bits per heavy atom. The Kier molecular flexibility index (Phi) is 5.27. The lowest BCUT2D eigenvalue weighted by atomic mass is 10.2. The zero-order valence-corrected chi connectivity index (χ0v) is 16.2. The summed E-state index contributed by atoms with van der Waals surface area (Å²) in [5.41, 5.74) is 3.09. The first-order valence-corrected chi connectivity index (χ1v) is 9.15. The van der Waals surface area contributed by atoms with Crippen molar-refractivity contribution in [1.29, 1.82) is 0 Å². The number of methoxy groups -OCH3 is 1. The number of pyridine rings is 1. The summed E-state index contributed by atoms with van der Waals surface area (Å²) < 4.78 is 10.8. The zero-order chi connectivity index (χ0) is 20.2. The lowest BCUT2D eigenvalue weighted by molar-refractivity contribution is -0.111. The summed E-state index contributed by atoms with van der Waals surface area (Å²) in [4.78, 5) is 20.8. The predicted octanol–water partition coefficient (Wildman–Crippen LogP) is 5.20. The molecule has 7 heteroatoms. The summed E-state index contributed by atoms with van der Waals surface area (Å²) in [7, 11) is 1.61. The number of benzene rings is 2. The van der Waals surface area contributed by atoms with Crippen LogP contribution in [0.5, 0.6) is 5.75 Å². The molecule has 6 nitrogen and oxygen atoms in total. The molecule has 0 aliphatic rings. The van der Waals surface area contributed by atoms with Crippen LogP contribution in [0.15, 0.2) is 71.3 Å². The third kappa shape index (κ3) is 4.28. The van der Waals surface area contributed by atoms with Crippen LogP contribution in [0.2, 0.25) is 5.02 Å². The van der Waals surface area contributed by atoms with Crippen molar-refractivity contribution in [3.05, 3.63) is 77.5 Å². The van der Waals surface area contributed by atoms with Crippen LogP contribution in [0.4, 0.5) is 5.69 Å². The van der Waals surface area contributed by atoms with Crippen molar-refractivity contribution in [2.45, 2.75) is 0 Å². The molecule has 2 aromatic carbocycles. The molecule has 1 N–H and O–H groups in total. The number of carbonyl (C=O) groups excluding carboxylic acids is 1. The van der Waals surface area contributed by atoms with Gasteiger partial charge in [0.2, 0.25) is 11.8 Å². The van der Waals surface area contributed by atoms with E-state index in [1.54, 1.807) is 49.7 Å². The van der Waals surface area contributed by atoms with E-state index >= 15 is 0 Å². The van der Waals surface area contributed by atoms with Crippen LogP contribution < -0.4 is 10.1 Å². The van der Waals surface area contributed by atoms with Gasteiger partial charge in [-0.1, -0.05) is 23.7 Å². The van der Waals surface area contributed by atoms with Gasteiger partial charge in [-0.15, -0.1) is 0 Å². The number of hydrogen-bond acceptors (Lipinski definition) is 5. The monoisotopic (exact) mass is 405 g/mol. The molecule has 29 heavy (non-hydrogen) atoms. The number of rotatable bonds is 5. The topological polar surface area (TPSA) is 77.2 Å². The summed E-state index contributed by atoms with van der Waals surface area (Å²) in [5, 5.41) is 3.27. The first-order chi connectivity index (χ1) is 14.1. The van der Waals surface area contributed by atoms with Crippen LogP contribution in [0.3, 0.4) is 0 Å². The standard InChI is InChI=1S/C22H16ClN3O3/c1-28-16-8-4-14(5-9-16)6-11-20(27)25-15-7-10-18(23)17(13-15)22-26-21-19(29-22)3-2-12-24-21/h2-13H,1H3,(H,25,27). The molecule has 0 aliphatic carbocycles. The molecule has 2 heterocycles. The molecule has 0 spiro atoms. The van der Waals surface area contributed by atoms with Gasteiger partial charge in [-0.3, -0.25) is 4.79 Å². The minimum Gasteiger partial charge on any atom is -0.497 e. The summed E-state index contributed by atoms with van der Waals surface area (Å²) in [6, 6.07) is 16.1. The number of anilines is 1. The minimum atomic E-state index is -0.270. The van der Waals surface area contributed by atoms with Gasteiger partial charge in [0.1, 0.15) is 5.75 Å². The number of ether oxygens (including phenoxy) is 1. The molecule has 0 radical (unpaired) electrons. The SMILES string of the molecule is COc1ccc(C=CC(=O)Nc2ccc(Cl)c(-c3nc4ncccc4o3)c2)cc1. The number of nitrogens with one attached hydrogen (secondary N) is 1. The average molecular weight is 406 g/mol. The maximum absolute atomic E-state index is 12.3. The summed E-state index contributed by atoms with van der Waals surface area (Å²) in [6.07, 6.45) is 4.82. The maximum atomic E-state index is 12.3. The Balaban J connectivity index is 1.52. The second-order valence-corrected chi connectivity index (χ2v) is 6.54. The minimum absolute atomic E-state index is 0.270. The Labute approximate surface area is 171 Å². The van der Waals surface area contributed by atoms with E-state index < -0.39 is 0 Å². The number of amides is 1. The smallest absolute Gasteiger partial charge is 0.248 e. The van der Waals surface area contributed by atoms with E-state index in [9.17, 15) is 4.79 Å². The molecule has 4 aromatic rings. The fourth-order valence-electron chi connectivity index (χ4n) is 2.72. The van der Waals surface area contributed by atoms with Crippen molar-refractivity contribution in [3.63, 3.8) is 0 Å². The number of fused-ring (bicyclic) bond motifs is 1. The van der Waals surface area contributed by atoms with Gasteiger partial charge in [0, 0.05) is 18.0 Å². The fourth-order valence-corrected chi connectivity index (χ4v) is 2.92. The first kappa shape index (κ1) is 18.7. The van der Waals surface area contributed by atoms with Crippen molar-refractivity contribution >= 4 is 40.5 Å². The van der Waals surface area contributed by atoms with Gasteiger partial charge in [-0.2, -0.15) is 4.98 Å². The molecule has 0 atom stereocenters. The van der Waals surface area contributed by atoms with E-state index in [1.165, 1.54) is 6.08 Å². The Morgan fingerprint density at radius 1 is 1.17 bits per heavy atom. The highest BCUT2D eigenvalue weighted by Crippen LogP contribution is 2.31. The summed E-state index contributed by atoms with van der Waals surface area (Å²) >= 11 is 6.30. The van der Waals surface area contributed by atoms with Gasteiger partial charge in [-0.25, -0.2) is 4.98 Å². The number of nitrogens with zero attached hydrogens (tertiary/aromatic N) is 2. The van der Waals surface area contributed by atoms with Crippen LogP contribution >= 0.6 is 11.6 Å².